The van der Waals surface area contributed by atoms with Crippen LogP contribution in [0.2, 0.25) is 0 Å². The first-order chi connectivity index (χ1) is 9.13. The first-order valence-corrected chi connectivity index (χ1v) is 6.61. The molecule has 19 heavy (non-hydrogen) atoms. The van der Waals surface area contributed by atoms with Gasteiger partial charge in [-0.2, -0.15) is 5.10 Å². The molecule has 1 heterocycles. The highest BCUT2D eigenvalue weighted by molar-refractivity contribution is 5.66. The van der Waals surface area contributed by atoms with Crippen molar-refractivity contribution in [1.82, 2.24) is 15.1 Å². The van der Waals surface area contributed by atoms with Crippen molar-refractivity contribution in [3.63, 3.8) is 0 Å². The lowest BCUT2D eigenvalue weighted by Crippen LogP contribution is -2.13. The predicted molar refractivity (Wildman–Crippen MR) is 75.3 cm³/mol. The molecule has 1 aromatic carbocycles. The molecular formula is C15H20FN3. The van der Waals surface area contributed by atoms with E-state index in [1.807, 2.05) is 26.1 Å². The van der Waals surface area contributed by atoms with Crippen LogP contribution in [-0.2, 0) is 13.6 Å². The molecule has 0 radical (unpaired) electrons. The van der Waals surface area contributed by atoms with Gasteiger partial charge in [-0.15, -0.1) is 0 Å². The van der Waals surface area contributed by atoms with Gasteiger partial charge in [-0.1, -0.05) is 19.1 Å². The highest BCUT2D eigenvalue weighted by atomic mass is 19.1. The van der Waals surface area contributed by atoms with E-state index in [1.54, 1.807) is 16.9 Å². The van der Waals surface area contributed by atoms with Crippen molar-refractivity contribution >= 4 is 0 Å². The topological polar surface area (TPSA) is 29.9 Å². The van der Waals surface area contributed by atoms with Gasteiger partial charge >= 0.3 is 0 Å². The van der Waals surface area contributed by atoms with E-state index in [2.05, 4.69) is 17.3 Å². The summed E-state index contributed by atoms with van der Waals surface area (Å²) in [6.45, 7) is 5.71. The van der Waals surface area contributed by atoms with E-state index in [0.29, 0.717) is 12.1 Å². The molecule has 0 bridgehead atoms. The van der Waals surface area contributed by atoms with Gasteiger partial charge in [0, 0.05) is 30.4 Å². The first-order valence-electron chi connectivity index (χ1n) is 6.61. The van der Waals surface area contributed by atoms with Gasteiger partial charge in [0.1, 0.15) is 5.82 Å². The van der Waals surface area contributed by atoms with E-state index in [1.165, 1.54) is 0 Å². The summed E-state index contributed by atoms with van der Waals surface area (Å²) in [6.07, 6.45) is 2.79. The maximum atomic E-state index is 14.2. The summed E-state index contributed by atoms with van der Waals surface area (Å²) >= 11 is 0. The molecular weight excluding hydrogens is 241 g/mol. The Kier molecular flexibility index (Phi) is 4.32. The SMILES string of the molecule is CCCNCc1ccc(-c2cnn(C)c2C)c(F)c1. The second kappa shape index (κ2) is 5.97. The van der Waals surface area contributed by atoms with Crippen LogP contribution in [0.15, 0.2) is 24.4 Å². The number of hydrogen-bond acceptors (Lipinski definition) is 2. The molecule has 0 aliphatic carbocycles. The summed E-state index contributed by atoms with van der Waals surface area (Å²) in [6, 6.07) is 5.40. The van der Waals surface area contributed by atoms with Crippen LogP contribution >= 0.6 is 0 Å². The van der Waals surface area contributed by atoms with E-state index in [4.69, 9.17) is 0 Å². The Morgan fingerprint density at radius 1 is 1.32 bits per heavy atom. The van der Waals surface area contributed by atoms with Crippen LogP contribution in [0.3, 0.4) is 0 Å². The summed E-state index contributed by atoms with van der Waals surface area (Å²) in [5.41, 5.74) is 3.41. The Labute approximate surface area is 113 Å². The summed E-state index contributed by atoms with van der Waals surface area (Å²) in [5.74, 6) is -0.188. The molecule has 3 nitrogen and oxygen atoms in total. The summed E-state index contributed by atoms with van der Waals surface area (Å²) < 4.78 is 15.9. The fourth-order valence-corrected chi connectivity index (χ4v) is 2.06. The maximum absolute atomic E-state index is 14.2. The zero-order valence-electron chi connectivity index (χ0n) is 11.7. The van der Waals surface area contributed by atoms with Gasteiger partial charge in [0.2, 0.25) is 0 Å². The second-order valence-electron chi connectivity index (χ2n) is 4.76. The standard InChI is InChI=1S/C15H20FN3/c1-4-7-17-9-12-5-6-13(15(16)8-12)14-10-18-19(3)11(14)2/h5-6,8,10,17H,4,7,9H2,1-3H3. The Morgan fingerprint density at radius 3 is 2.68 bits per heavy atom. The number of rotatable bonds is 5. The average molecular weight is 261 g/mol. The quantitative estimate of drug-likeness (QED) is 0.838. The molecule has 4 heteroatoms. The van der Waals surface area contributed by atoms with Crippen LogP contribution in [-0.4, -0.2) is 16.3 Å². The summed E-state index contributed by atoms with van der Waals surface area (Å²) in [7, 11) is 1.86. The molecule has 0 atom stereocenters. The number of nitrogens with zero attached hydrogens (tertiary/aromatic N) is 2. The fourth-order valence-electron chi connectivity index (χ4n) is 2.06. The number of halogens is 1. The van der Waals surface area contributed by atoms with Crippen molar-refractivity contribution in [1.29, 1.82) is 0 Å². The van der Waals surface area contributed by atoms with Crippen LogP contribution in [0.1, 0.15) is 24.6 Å². The Hall–Kier alpha value is -1.68. The van der Waals surface area contributed by atoms with Gasteiger partial charge < -0.3 is 5.32 Å². The molecule has 1 N–H and O–H groups in total. The van der Waals surface area contributed by atoms with Gasteiger partial charge in [0.05, 0.1) is 6.20 Å². The van der Waals surface area contributed by atoms with Gasteiger partial charge in [-0.3, -0.25) is 4.68 Å². The molecule has 0 fully saturated rings. The third kappa shape index (κ3) is 3.01. The average Bonchev–Trinajstić information content (AvgIpc) is 2.71. The van der Waals surface area contributed by atoms with Crippen LogP contribution in [0.25, 0.3) is 11.1 Å². The third-order valence-corrected chi connectivity index (χ3v) is 3.31. The van der Waals surface area contributed by atoms with Gasteiger partial charge in [0.25, 0.3) is 0 Å². The minimum Gasteiger partial charge on any atom is -0.313 e. The lowest BCUT2D eigenvalue weighted by Gasteiger charge is -2.07. The van der Waals surface area contributed by atoms with Crippen molar-refractivity contribution in [2.75, 3.05) is 6.54 Å². The minimum atomic E-state index is -0.188. The van der Waals surface area contributed by atoms with E-state index in [9.17, 15) is 4.39 Å². The van der Waals surface area contributed by atoms with Crippen LogP contribution in [0, 0.1) is 12.7 Å². The molecule has 0 aliphatic heterocycles. The molecule has 102 valence electrons. The number of benzene rings is 1. The fraction of sp³-hybridized carbons (Fsp3) is 0.400. The zero-order valence-corrected chi connectivity index (χ0v) is 11.7. The molecule has 0 aliphatic rings. The maximum Gasteiger partial charge on any atom is 0.131 e. The highest BCUT2D eigenvalue weighted by Gasteiger charge is 2.11. The molecule has 0 saturated carbocycles. The second-order valence-corrected chi connectivity index (χ2v) is 4.76. The molecule has 2 rings (SSSR count). The lowest BCUT2D eigenvalue weighted by molar-refractivity contribution is 0.622. The summed E-state index contributed by atoms with van der Waals surface area (Å²) in [4.78, 5) is 0. The molecule has 2 aromatic rings. The monoisotopic (exact) mass is 261 g/mol. The Bertz CT molecular complexity index is 561. The Balaban J connectivity index is 2.22. The molecule has 1 aromatic heterocycles. The molecule has 0 unspecified atom stereocenters. The lowest BCUT2D eigenvalue weighted by atomic mass is 10.0. The minimum absolute atomic E-state index is 0.188. The van der Waals surface area contributed by atoms with Crippen LogP contribution in [0.5, 0.6) is 0 Å². The zero-order chi connectivity index (χ0) is 13.8. The van der Waals surface area contributed by atoms with Crippen LogP contribution in [0.4, 0.5) is 4.39 Å². The third-order valence-electron chi connectivity index (χ3n) is 3.31. The highest BCUT2D eigenvalue weighted by Crippen LogP contribution is 2.26. The van der Waals surface area contributed by atoms with Crippen molar-refractivity contribution in [3.05, 3.63) is 41.5 Å². The largest absolute Gasteiger partial charge is 0.313 e. The van der Waals surface area contributed by atoms with E-state index < -0.39 is 0 Å². The smallest absolute Gasteiger partial charge is 0.131 e. The normalized spacial score (nSPS) is 10.9. The van der Waals surface area contributed by atoms with Gasteiger partial charge in [-0.25, -0.2) is 4.39 Å². The van der Waals surface area contributed by atoms with Crippen molar-refractivity contribution in [3.8, 4) is 11.1 Å². The Morgan fingerprint density at radius 2 is 2.11 bits per heavy atom. The number of hydrogen-bond donors (Lipinski definition) is 1. The predicted octanol–water partition coefficient (Wildman–Crippen LogP) is 3.03. The van der Waals surface area contributed by atoms with Crippen molar-refractivity contribution in [2.24, 2.45) is 7.05 Å². The van der Waals surface area contributed by atoms with Gasteiger partial charge in [0.15, 0.2) is 0 Å². The van der Waals surface area contributed by atoms with Gasteiger partial charge in [-0.05, 0) is 31.5 Å². The van der Waals surface area contributed by atoms with E-state index in [-0.39, 0.29) is 5.82 Å². The molecule has 0 spiro atoms. The number of aryl methyl sites for hydroxylation is 1. The number of aromatic nitrogens is 2. The molecule has 0 saturated heterocycles. The molecule has 0 amide bonds. The summed E-state index contributed by atoms with van der Waals surface area (Å²) in [5, 5.41) is 7.42. The van der Waals surface area contributed by atoms with Crippen molar-refractivity contribution < 1.29 is 4.39 Å². The van der Waals surface area contributed by atoms with Crippen molar-refractivity contribution in [2.45, 2.75) is 26.8 Å². The first kappa shape index (κ1) is 13.7. The van der Waals surface area contributed by atoms with E-state index in [0.717, 1.165) is 29.8 Å². The van der Waals surface area contributed by atoms with Crippen LogP contribution < -0.4 is 5.32 Å². The number of nitrogens with one attached hydrogen (secondary N) is 1. The van der Waals surface area contributed by atoms with E-state index >= 15 is 0 Å².